The van der Waals surface area contributed by atoms with Crippen molar-refractivity contribution in [3.63, 3.8) is 0 Å². The van der Waals surface area contributed by atoms with Gasteiger partial charge < -0.3 is 0 Å². The van der Waals surface area contributed by atoms with Gasteiger partial charge in [0.1, 0.15) is 0 Å². The van der Waals surface area contributed by atoms with Crippen LogP contribution in [0.15, 0.2) is 0 Å². The highest BCUT2D eigenvalue weighted by atomic mass is 28.3. The molecule has 0 spiro atoms. The molecule has 0 bridgehead atoms. The molecule has 0 aromatic heterocycles. The minimum atomic E-state index is -1.09. The summed E-state index contributed by atoms with van der Waals surface area (Å²) >= 11 is 0. The molecule has 0 heterocycles. The largest absolute Gasteiger partial charge is 0.0651 e. The fourth-order valence-corrected chi connectivity index (χ4v) is 10.1. The van der Waals surface area contributed by atoms with Gasteiger partial charge >= 0.3 is 0 Å². The lowest BCUT2D eigenvalue weighted by Crippen LogP contribution is -2.44. The van der Waals surface area contributed by atoms with Crippen molar-refractivity contribution >= 4 is 8.07 Å². The van der Waals surface area contributed by atoms with Gasteiger partial charge in [0.25, 0.3) is 0 Å². The highest BCUT2D eigenvalue weighted by Gasteiger charge is 2.41. The second kappa shape index (κ2) is 6.73. The summed E-state index contributed by atoms with van der Waals surface area (Å²) in [7, 11) is -1.09. The third-order valence-electron chi connectivity index (χ3n) is 4.33. The topological polar surface area (TPSA) is 0 Å². The molecular formula is C14H31Si. The van der Waals surface area contributed by atoms with Crippen LogP contribution in [-0.2, 0) is 0 Å². The zero-order valence-corrected chi connectivity index (χ0v) is 12.8. The summed E-state index contributed by atoms with van der Waals surface area (Å²) in [6.45, 7) is 18.7. The third-order valence-corrected chi connectivity index (χ3v) is 12.0. The maximum Gasteiger partial charge on any atom is 0.0612 e. The Morgan fingerprint density at radius 1 is 0.800 bits per heavy atom. The first-order valence-electron chi connectivity index (χ1n) is 6.68. The Balaban J connectivity index is 4.65. The van der Waals surface area contributed by atoms with E-state index in [9.17, 15) is 0 Å². The van der Waals surface area contributed by atoms with Gasteiger partial charge in [-0.2, -0.15) is 0 Å². The number of unbranched alkanes of at least 4 members (excludes halogenated alkanes) is 2. The molecule has 0 aliphatic carbocycles. The van der Waals surface area contributed by atoms with Crippen LogP contribution in [-0.4, -0.2) is 8.07 Å². The summed E-state index contributed by atoms with van der Waals surface area (Å²) in [5.74, 6) is 0. The van der Waals surface area contributed by atoms with E-state index in [4.69, 9.17) is 0 Å². The zero-order chi connectivity index (χ0) is 12.1. The Labute approximate surface area is 98.9 Å². The zero-order valence-electron chi connectivity index (χ0n) is 11.8. The van der Waals surface area contributed by atoms with Crippen molar-refractivity contribution in [1.82, 2.24) is 0 Å². The van der Waals surface area contributed by atoms with Gasteiger partial charge in [0.05, 0.1) is 8.07 Å². The molecule has 0 aromatic carbocycles. The Bertz CT molecular complexity index is 137. The molecule has 0 atom stereocenters. The Kier molecular flexibility index (Phi) is 6.82. The van der Waals surface area contributed by atoms with Gasteiger partial charge in [-0.3, -0.25) is 0 Å². The molecular weight excluding hydrogens is 196 g/mol. The van der Waals surface area contributed by atoms with E-state index in [0.717, 1.165) is 23.0 Å². The Morgan fingerprint density at radius 2 is 1.20 bits per heavy atom. The minimum absolute atomic E-state index is 0.919. The maximum absolute atomic E-state index is 3.96. The van der Waals surface area contributed by atoms with Gasteiger partial charge in [0.15, 0.2) is 0 Å². The average Bonchev–Trinajstić information content (AvgIpc) is 2.10. The first-order chi connectivity index (χ1) is 6.89. The first kappa shape index (κ1) is 15.2. The standard InChI is InChI=1S/C14H31Si/c1-8-9-10-11-15(12(2)3,13(4)5)14(6)7/h12-14H,1,8-11H2,2-7H3. The van der Waals surface area contributed by atoms with E-state index in [0.29, 0.717) is 0 Å². The number of hydrogen-bond donors (Lipinski definition) is 0. The minimum Gasteiger partial charge on any atom is -0.0651 e. The van der Waals surface area contributed by atoms with Gasteiger partial charge in [-0.05, 0) is 0 Å². The molecule has 0 aliphatic rings. The number of rotatable bonds is 7. The van der Waals surface area contributed by atoms with Crippen molar-refractivity contribution in [3.8, 4) is 0 Å². The molecule has 1 heteroatoms. The number of hydrogen-bond acceptors (Lipinski definition) is 0. The predicted octanol–water partition coefficient (Wildman–Crippen LogP) is 5.67. The molecule has 0 aromatic rings. The highest BCUT2D eigenvalue weighted by Crippen LogP contribution is 2.45. The lowest BCUT2D eigenvalue weighted by Gasteiger charge is -2.43. The summed E-state index contributed by atoms with van der Waals surface area (Å²) in [6, 6.07) is 1.51. The van der Waals surface area contributed by atoms with Crippen LogP contribution in [0, 0.1) is 6.92 Å². The van der Waals surface area contributed by atoms with Crippen molar-refractivity contribution in [3.05, 3.63) is 6.92 Å². The maximum atomic E-state index is 3.96. The van der Waals surface area contributed by atoms with Crippen LogP contribution in [0.1, 0.15) is 60.8 Å². The normalized spacial score (nSPS) is 13.2. The molecule has 91 valence electrons. The highest BCUT2D eigenvalue weighted by molar-refractivity contribution is 6.83. The van der Waals surface area contributed by atoms with E-state index in [1.807, 2.05) is 0 Å². The quantitative estimate of drug-likeness (QED) is 0.388. The van der Waals surface area contributed by atoms with Crippen molar-refractivity contribution < 1.29 is 0 Å². The smallest absolute Gasteiger partial charge is 0.0612 e. The molecule has 1 radical (unpaired) electrons. The molecule has 0 saturated carbocycles. The van der Waals surface area contributed by atoms with Crippen molar-refractivity contribution in [2.24, 2.45) is 0 Å². The molecule has 0 rings (SSSR count). The monoisotopic (exact) mass is 227 g/mol. The van der Waals surface area contributed by atoms with Crippen LogP contribution in [0.25, 0.3) is 0 Å². The van der Waals surface area contributed by atoms with Crippen LogP contribution in [0.5, 0.6) is 0 Å². The van der Waals surface area contributed by atoms with E-state index in [1.165, 1.54) is 18.9 Å². The van der Waals surface area contributed by atoms with Crippen LogP contribution >= 0.6 is 0 Å². The van der Waals surface area contributed by atoms with Gasteiger partial charge in [0.2, 0.25) is 0 Å². The molecule has 0 amide bonds. The van der Waals surface area contributed by atoms with Gasteiger partial charge in [-0.25, -0.2) is 0 Å². The van der Waals surface area contributed by atoms with Gasteiger partial charge in [-0.1, -0.05) is 90.4 Å². The summed E-state index contributed by atoms with van der Waals surface area (Å²) in [6.07, 6.45) is 3.84. The van der Waals surface area contributed by atoms with E-state index < -0.39 is 8.07 Å². The Hall–Kier alpha value is 0.217. The van der Waals surface area contributed by atoms with Crippen molar-refractivity contribution in [2.45, 2.75) is 83.5 Å². The van der Waals surface area contributed by atoms with Crippen LogP contribution in [0.4, 0.5) is 0 Å². The molecule has 0 nitrogen and oxygen atoms in total. The van der Waals surface area contributed by atoms with Gasteiger partial charge in [-0.15, -0.1) is 0 Å². The Morgan fingerprint density at radius 3 is 1.47 bits per heavy atom. The SMILES string of the molecule is [CH2]CCCC[Si](C(C)C)(C(C)C)C(C)C. The average molecular weight is 227 g/mol. The lowest BCUT2D eigenvalue weighted by atomic mass is 10.3. The summed E-state index contributed by atoms with van der Waals surface area (Å²) in [4.78, 5) is 0. The van der Waals surface area contributed by atoms with Crippen LogP contribution in [0.2, 0.25) is 22.7 Å². The van der Waals surface area contributed by atoms with E-state index in [-0.39, 0.29) is 0 Å². The molecule has 15 heavy (non-hydrogen) atoms. The molecule has 0 saturated heterocycles. The summed E-state index contributed by atoms with van der Waals surface area (Å²) in [5, 5.41) is 0. The molecule has 0 unspecified atom stereocenters. The van der Waals surface area contributed by atoms with Crippen molar-refractivity contribution in [1.29, 1.82) is 0 Å². The predicted molar refractivity (Wildman–Crippen MR) is 75.1 cm³/mol. The first-order valence-corrected chi connectivity index (χ1v) is 9.12. The second-order valence-corrected chi connectivity index (χ2v) is 12.1. The second-order valence-electron chi connectivity index (χ2n) is 5.89. The van der Waals surface area contributed by atoms with Gasteiger partial charge in [0, 0.05) is 0 Å². The summed E-state index contributed by atoms with van der Waals surface area (Å²) in [5.41, 5.74) is 2.76. The van der Waals surface area contributed by atoms with Crippen LogP contribution < -0.4 is 0 Å². The summed E-state index contributed by atoms with van der Waals surface area (Å²) < 4.78 is 0. The lowest BCUT2D eigenvalue weighted by molar-refractivity contribution is 0.736. The molecule has 0 fully saturated rings. The molecule has 0 aliphatic heterocycles. The van der Waals surface area contributed by atoms with E-state index in [1.54, 1.807) is 0 Å². The van der Waals surface area contributed by atoms with E-state index >= 15 is 0 Å². The fraction of sp³-hybridized carbons (Fsp3) is 0.929. The van der Waals surface area contributed by atoms with Crippen LogP contribution in [0.3, 0.4) is 0 Å². The molecule has 0 N–H and O–H groups in total. The third kappa shape index (κ3) is 3.62. The fourth-order valence-electron chi connectivity index (χ4n) is 3.47. The van der Waals surface area contributed by atoms with Crippen molar-refractivity contribution in [2.75, 3.05) is 0 Å². The van der Waals surface area contributed by atoms with E-state index in [2.05, 4.69) is 48.5 Å².